The maximum absolute atomic E-state index is 12.4. The van der Waals surface area contributed by atoms with Crippen molar-refractivity contribution in [3.05, 3.63) is 64.7 Å². The molecule has 1 unspecified atom stereocenters. The van der Waals surface area contributed by atoms with Gasteiger partial charge in [-0.05, 0) is 54.7 Å². The van der Waals surface area contributed by atoms with Gasteiger partial charge in [0.05, 0.1) is 12.7 Å². The van der Waals surface area contributed by atoms with Crippen LogP contribution in [-0.2, 0) is 16.1 Å². The summed E-state index contributed by atoms with van der Waals surface area (Å²) in [5.74, 6) is 0.546. The summed E-state index contributed by atoms with van der Waals surface area (Å²) >= 11 is 0. The average molecular weight is 369 g/mol. The number of amides is 1. The molecule has 0 fully saturated rings. The van der Waals surface area contributed by atoms with E-state index < -0.39 is 6.10 Å². The molecule has 1 N–H and O–H groups in total. The lowest BCUT2D eigenvalue weighted by Crippen LogP contribution is -2.36. The van der Waals surface area contributed by atoms with E-state index in [1.54, 1.807) is 31.2 Å². The molecule has 0 saturated heterocycles. The van der Waals surface area contributed by atoms with Crippen LogP contribution >= 0.6 is 0 Å². The van der Waals surface area contributed by atoms with Crippen LogP contribution in [0.5, 0.6) is 5.75 Å². The maximum Gasteiger partial charge on any atom is 0.337 e. The van der Waals surface area contributed by atoms with Crippen LogP contribution in [0.15, 0.2) is 42.5 Å². The molecule has 0 heterocycles. The minimum atomic E-state index is -0.611. The number of methoxy groups -OCH3 is 1. The normalized spacial score (nSPS) is 11.8. The molecule has 2 aromatic rings. The number of hydrogen-bond acceptors (Lipinski definition) is 4. The van der Waals surface area contributed by atoms with Crippen LogP contribution in [0.25, 0.3) is 0 Å². The van der Waals surface area contributed by atoms with E-state index >= 15 is 0 Å². The molecule has 0 bridgehead atoms. The molecule has 144 valence electrons. The first kappa shape index (κ1) is 20.5. The fraction of sp³-hybridized carbons (Fsp3) is 0.364. The maximum atomic E-state index is 12.4. The van der Waals surface area contributed by atoms with Crippen molar-refractivity contribution in [2.75, 3.05) is 7.11 Å². The predicted octanol–water partition coefficient (Wildman–Crippen LogP) is 3.99. The van der Waals surface area contributed by atoms with E-state index in [9.17, 15) is 9.59 Å². The molecule has 0 radical (unpaired) electrons. The lowest BCUT2D eigenvalue weighted by Gasteiger charge is -2.18. The van der Waals surface area contributed by atoms with E-state index in [0.29, 0.717) is 18.0 Å². The first-order valence-electron chi connectivity index (χ1n) is 9.04. The highest BCUT2D eigenvalue weighted by atomic mass is 16.5. The highest BCUT2D eigenvalue weighted by Gasteiger charge is 2.16. The lowest BCUT2D eigenvalue weighted by atomic mass is 10.0. The number of carbonyl (C=O) groups excluding carboxylic acids is 2. The Labute approximate surface area is 160 Å². The van der Waals surface area contributed by atoms with Gasteiger partial charge in [-0.25, -0.2) is 4.79 Å². The van der Waals surface area contributed by atoms with Crippen LogP contribution in [0.1, 0.15) is 53.7 Å². The number of rotatable bonds is 7. The first-order valence-corrected chi connectivity index (χ1v) is 9.04. The van der Waals surface area contributed by atoms with Gasteiger partial charge in [0.1, 0.15) is 5.75 Å². The van der Waals surface area contributed by atoms with E-state index in [2.05, 4.69) is 30.0 Å². The number of aryl methyl sites for hydroxylation is 1. The Hall–Kier alpha value is -2.82. The number of ether oxygens (including phenoxy) is 2. The van der Waals surface area contributed by atoms with Crippen molar-refractivity contribution >= 4 is 11.9 Å². The molecule has 0 aliphatic heterocycles. The molecular formula is C22H27NO4. The van der Waals surface area contributed by atoms with Gasteiger partial charge in [-0.3, -0.25) is 4.79 Å². The minimum Gasteiger partial charge on any atom is -0.481 e. The second-order valence-corrected chi connectivity index (χ2v) is 6.85. The Kier molecular flexibility index (Phi) is 6.99. The third-order valence-electron chi connectivity index (χ3n) is 4.39. The van der Waals surface area contributed by atoms with Crippen molar-refractivity contribution in [2.45, 2.75) is 46.3 Å². The van der Waals surface area contributed by atoms with E-state index in [-0.39, 0.29) is 11.9 Å². The molecule has 5 heteroatoms. The van der Waals surface area contributed by atoms with Crippen LogP contribution in [0.3, 0.4) is 0 Å². The van der Waals surface area contributed by atoms with Crippen LogP contribution in [0.2, 0.25) is 0 Å². The molecule has 0 spiro atoms. The molecule has 2 rings (SSSR count). The van der Waals surface area contributed by atoms with Gasteiger partial charge in [-0.2, -0.15) is 0 Å². The average Bonchev–Trinajstić information content (AvgIpc) is 2.67. The van der Waals surface area contributed by atoms with Crippen molar-refractivity contribution in [1.29, 1.82) is 0 Å². The summed E-state index contributed by atoms with van der Waals surface area (Å²) in [7, 11) is 1.34. The standard InChI is InChI=1S/C22H27NO4/c1-14(2)19-9-6-15(3)20(12-19)27-16(4)21(24)23-13-17-7-10-18(11-8-17)22(25)26-5/h6-12,14,16H,13H2,1-5H3,(H,23,24). The van der Waals surface area contributed by atoms with Crippen LogP contribution in [-0.4, -0.2) is 25.1 Å². The molecule has 2 aromatic carbocycles. The zero-order chi connectivity index (χ0) is 20.0. The summed E-state index contributed by atoms with van der Waals surface area (Å²) in [4.78, 5) is 23.8. The number of nitrogens with one attached hydrogen (secondary N) is 1. The number of esters is 1. The van der Waals surface area contributed by atoms with Gasteiger partial charge in [0.15, 0.2) is 6.10 Å². The number of carbonyl (C=O) groups is 2. The third kappa shape index (κ3) is 5.58. The number of benzene rings is 2. The summed E-state index contributed by atoms with van der Waals surface area (Å²) in [5, 5.41) is 2.86. The Morgan fingerprint density at radius 3 is 2.30 bits per heavy atom. The molecule has 5 nitrogen and oxygen atoms in total. The smallest absolute Gasteiger partial charge is 0.337 e. The quantitative estimate of drug-likeness (QED) is 0.750. The van der Waals surface area contributed by atoms with Crippen LogP contribution < -0.4 is 10.1 Å². The second kappa shape index (κ2) is 9.21. The van der Waals surface area contributed by atoms with Crippen molar-refractivity contribution in [3.8, 4) is 5.75 Å². The molecule has 0 aromatic heterocycles. The summed E-state index contributed by atoms with van der Waals surface area (Å²) in [5.41, 5.74) is 3.54. The van der Waals surface area contributed by atoms with Crippen LogP contribution in [0.4, 0.5) is 0 Å². The molecule has 1 atom stereocenters. The summed E-state index contributed by atoms with van der Waals surface area (Å²) in [6.07, 6.45) is -0.611. The monoisotopic (exact) mass is 369 g/mol. The van der Waals surface area contributed by atoms with Crippen molar-refractivity contribution in [2.24, 2.45) is 0 Å². The molecular weight excluding hydrogens is 342 g/mol. The predicted molar refractivity (Wildman–Crippen MR) is 105 cm³/mol. The van der Waals surface area contributed by atoms with Gasteiger partial charge >= 0.3 is 5.97 Å². The van der Waals surface area contributed by atoms with Gasteiger partial charge in [0, 0.05) is 6.54 Å². The fourth-order valence-electron chi connectivity index (χ4n) is 2.56. The zero-order valence-corrected chi connectivity index (χ0v) is 16.5. The number of hydrogen-bond donors (Lipinski definition) is 1. The Morgan fingerprint density at radius 1 is 1.04 bits per heavy atom. The van der Waals surface area contributed by atoms with E-state index in [1.807, 2.05) is 19.1 Å². The molecule has 0 aliphatic rings. The van der Waals surface area contributed by atoms with Crippen LogP contribution in [0, 0.1) is 6.92 Å². The molecule has 0 aliphatic carbocycles. The summed E-state index contributed by atoms with van der Waals surface area (Å²) in [6.45, 7) is 8.30. The SMILES string of the molecule is COC(=O)c1ccc(CNC(=O)C(C)Oc2cc(C(C)C)ccc2C)cc1. The van der Waals surface area contributed by atoms with Gasteiger partial charge < -0.3 is 14.8 Å². The highest BCUT2D eigenvalue weighted by Crippen LogP contribution is 2.25. The van der Waals surface area contributed by atoms with Gasteiger partial charge in [0.2, 0.25) is 0 Å². The Bertz CT molecular complexity index is 796. The van der Waals surface area contributed by atoms with E-state index in [1.165, 1.54) is 12.7 Å². The molecule has 27 heavy (non-hydrogen) atoms. The van der Waals surface area contributed by atoms with Gasteiger partial charge in [-0.15, -0.1) is 0 Å². The largest absolute Gasteiger partial charge is 0.481 e. The highest BCUT2D eigenvalue weighted by molar-refractivity contribution is 5.89. The Balaban J connectivity index is 1.94. The van der Waals surface area contributed by atoms with Crippen molar-refractivity contribution < 1.29 is 19.1 Å². The van der Waals surface area contributed by atoms with E-state index in [0.717, 1.165) is 16.9 Å². The fourth-order valence-corrected chi connectivity index (χ4v) is 2.56. The first-order chi connectivity index (χ1) is 12.8. The van der Waals surface area contributed by atoms with Gasteiger partial charge in [-0.1, -0.05) is 38.1 Å². The zero-order valence-electron chi connectivity index (χ0n) is 16.5. The topological polar surface area (TPSA) is 64.6 Å². The minimum absolute atomic E-state index is 0.193. The van der Waals surface area contributed by atoms with Gasteiger partial charge in [0.25, 0.3) is 5.91 Å². The molecule has 1 amide bonds. The Morgan fingerprint density at radius 2 is 1.70 bits per heavy atom. The van der Waals surface area contributed by atoms with Crippen molar-refractivity contribution in [1.82, 2.24) is 5.32 Å². The third-order valence-corrected chi connectivity index (χ3v) is 4.39. The van der Waals surface area contributed by atoms with E-state index in [4.69, 9.17) is 4.74 Å². The van der Waals surface area contributed by atoms with Crippen molar-refractivity contribution in [3.63, 3.8) is 0 Å². The molecule has 0 saturated carbocycles. The lowest BCUT2D eigenvalue weighted by molar-refractivity contribution is -0.127. The second-order valence-electron chi connectivity index (χ2n) is 6.85. The summed E-state index contributed by atoms with van der Waals surface area (Å²) < 4.78 is 10.5. The summed E-state index contributed by atoms with van der Waals surface area (Å²) in [6, 6.07) is 13.0.